The van der Waals surface area contributed by atoms with Crippen LogP contribution in [0.4, 0.5) is 15.0 Å². The van der Waals surface area contributed by atoms with Gasteiger partial charge in [-0.1, -0.05) is 6.08 Å². The van der Waals surface area contributed by atoms with Crippen molar-refractivity contribution in [3.8, 4) is 0 Å². The third-order valence-corrected chi connectivity index (χ3v) is 6.49. The summed E-state index contributed by atoms with van der Waals surface area (Å²) in [5.74, 6) is -1.30. The SMILES string of the molecule is CC(C)N1Cc2c(n(CC(=O)Nc3ccc(F)cn3)c3cc(C4=CCN(C(=O)O)CC4)nn3c2=O)C1=O. The Morgan fingerprint density at radius 2 is 2.03 bits per heavy atom. The normalized spacial score (nSPS) is 15.4. The Morgan fingerprint density at radius 1 is 1.24 bits per heavy atom. The predicted molar refractivity (Wildman–Crippen MR) is 129 cm³/mol. The third kappa shape index (κ3) is 4.32. The van der Waals surface area contributed by atoms with Gasteiger partial charge in [-0.2, -0.15) is 9.61 Å². The van der Waals surface area contributed by atoms with Crippen LogP contribution in [-0.2, 0) is 17.9 Å². The molecule has 5 heterocycles. The summed E-state index contributed by atoms with van der Waals surface area (Å²) >= 11 is 0. The fraction of sp³-hybridized carbons (Fsp3) is 0.333. The average Bonchev–Trinajstić information content (AvgIpc) is 3.46. The lowest BCUT2D eigenvalue weighted by Gasteiger charge is -2.22. The molecule has 0 aromatic carbocycles. The lowest BCUT2D eigenvalue weighted by Crippen LogP contribution is -2.33. The highest BCUT2D eigenvalue weighted by atomic mass is 19.1. The van der Waals surface area contributed by atoms with E-state index >= 15 is 0 Å². The number of carbonyl (C=O) groups excluding carboxylic acids is 2. The van der Waals surface area contributed by atoms with Gasteiger partial charge in [-0.25, -0.2) is 14.2 Å². The molecule has 0 saturated heterocycles. The third-order valence-electron chi connectivity index (χ3n) is 6.49. The van der Waals surface area contributed by atoms with Gasteiger partial charge < -0.3 is 24.8 Å². The Labute approximate surface area is 209 Å². The van der Waals surface area contributed by atoms with E-state index in [2.05, 4.69) is 15.4 Å². The van der Waals surface area contributed by atoms with Crippen molar-refractivity contribution in [2.24, 2.45) is 0 Å². The first kappa shape index (κ1) is 24.2. The number of anilines is 1. The minimum atomic E-state index is -1.02. The average molecular weight is 509 g/mol. The Kier molecular flexibility index (Phi) is 5.97. The van der Waals surface area contributed by atoms with E-state index in [1.165, 1.54) is 20.0 Å². The van der Waals surface area contributed by atoms with Gasteiger partial charge in [0.05, 0.1) is 24.0 Å². The highest BCUT2D eigenvalue weighted by Gasteiger charge is 2.36. The monoisotopic (exact) mass is 509 g/mol. The van der Waals surface area contributed by atoms with Gasteiger partial charge in [0.1, 0.15) is 29.5 Å². The molecule has 0 saturated carbocycles. The van der Waals surface area contributed by atoms with Crippen LogP contribution in [0.15, 0.2) is 35.3 Å². The second-order valence-electron chi connectivity index (χ2n) is 9.16. The number of fused-ring (bicyclic) bond motifs is 2. The van der Waals surface area contributed by atoms with Crippen LogP contribution in [-0.4, -0.2) is 71.1 Å². The molecule has 3 aromatic rings. The van der Waals surface area contributed by atoms with Gasteiger partial charge in [0.25, 0.3) is 11.5 Å². The molecular formula is C24H24FN7O5. The number of amides is 3. The molecule has 3 amide bonds. The van der Waals surface area contributed by atoms with Crippen molar-refractivity contribution in [3.05, 3.63) is 63.6 Å². The van der Waals surface area contributed by atoms with E-state index in [1.54, 1.807) is 17.0 Å². The molecule has 37 heavy (non-hydrogen) atoms. The van der Waals surface area contributed by atoms with Crippen LogP contribution < -0.4 is 10.9 Å². The zero-order chi connectivity index (χ0) is 26.4. The van der Waals surface area contributed by atoms with Gasteiger partial charge in [-0.05, 0) is 38.0 Å². The number of pyridine rings is 1. The smallest absolute Gasteiger partial charge is 0.407 e. The minimum absolute atomic E-state index is 0.0905. The molecule has 2 aliphatic heterocycles. The van der Waals surface area contributed by atoms with E-state index in [4.69, 9.17) is 0 Å². The van der Waals surface area contributed by atoms with Crippen molar-refractivity contribution >= 4 is 34.9 Å². The zero-order valence-electron chi connectivity index (χ0n) is 20.1. The lowest BCUT2D eigenvalue weighted by atomic mass is 10.1. The summed E-state index contributed by atoms with van der Waals surface area (Å²) in [7, 11) is 0. The second-order valence-corrected chi connectivity index (χ2v) is 9.16. The van der Waals surface area contributed by atoms with Crippen molar-refractivity contribution in [2.45, 2.75) is 39.4 Å². The van der Waals surface area contributed by atoms with Crippen molar-refractivity contribution < 1.29 is 23.9 Å². The number of aromatic nitrogens is 4. The molecule has 0 aliphatic carbocycles. The molecule has 2 aliphatic rings. The molecule has 3 aromatic heterocycles. The van der Waals surface area contributed by atoms with Crippen LogP contribution in [0.5, 0.6) is 0 Å². The molecule has 0 radical (unpaired) electrons. The topological polar surface area (TPSA) is 142 Å². The Balaban J connectivity index is 1.58. The zero-order valence-corrected chi connectivity index (χ0v) is 20.1. The molecule has 0 fully saturated rings. The number of carbonyl (C=O) groups is 3. The van der Waals surface area contributed by atoms with Gasteiger partial charge in [-0.3, -0.25) is 14.4 Å². The predicted octanol–water partition coefficient (Wildman–Crippen LogP) is 1.80. The van der Waals surface area contributed by atoms with Crippen LogP contribution in [0.2, 0.25) is 0 Å². The fourth-order valence-electron chi connectivity index (χ4n) is 4.57. The largest absolute Gasteiger partial charge is 0.465 e. The molecule has 0 bridgehead atoms. The molecule has 0 spiro atoms. The molecule has 192 valence electrons. The number of halogens is 1. The summed E-state index contributed by atoms with van der Waals surface area (Å²) in [5, 5.41) is 16.3. The first-order chi connectivity index (χ1) is 17.6. The van der Waals surface area contributed by atoms with Gasteiger partial charge in [0.15, 0.2) is 0 Å². The summed E-state index contributed by atoms with van der Waals surface area (Å²) in [6, 6.07) is 3.93. The Morgan fingerprint density at radius 3 is 2.65 bits per heavy atom. The Hall–Kier alpha value is -4.55. The van der Waals surface area contributed by atoms with E-state index in [-0.39, 0.29) is 60.9 Å². The van der Waals surface area contributed by atoms with Crippen LogP contribution in [0.25, 0.3) is 11.2 Å². The first-order valence-corrected chi connectivity index (χ1v) is 11.7. The number of hydrogen-bond acceptors (Lipinski definition) is 6. The van der Waals surface area contributed by atoms with E-state index in [0.29, 0.717) is 12.1 Å². The molecule has 0 unspecified atom stereocenters. The van der Waals surface area contributed by atoms with Crippen molar-refractivity contribution in [3.63, 3.8) is 0 Å². The maximum atomic E-state index is 13.4. The van der Waals surface area contributed by atoms with Crippen LogP contribution in [0.3, 0.4) is 0 Å². The van der Waals surface area contributed by atoms with Gasteiger partial charge in [0.2, 0.25) is 5.91 Å². The molecule has 2 N–H and O–H groups in total. The van der Waals surface area contributed by atoms with Gasteiger partial charge in [0, 0.05) is 25.2 Å². The number of rotatable bonds is 5. The second kappa shape index (κ2) is 9.15. The van der Waals surface area contributed by atoms with Crippen LogP contribution in [0.1, 0.15) is 42.0 Å². The quantitative estimate of drug-likeness (QED) is 0.534. The van der Waals surface area contributed by atoms with Crippen molar-refractivity contribution in [2.75, 3.05) is 18.4 Å². The lowest BCUT2D eigenvalue weighted by molar-refractivity contribution is -0.116. The molecule has 12 nitrogen and oxygen atoms in total. The highest BCUT2D eigenvalue weighted by molar-refractivity contribution is 5.98. The molecular weight excluding hydrogens is 485 g/mol. The summed E-state index contributed by atoms with van der Waals surface area (Å²) in [6.45, 7) is 3.92. The summed E-state index contributed by atoms with van der Waals surface area (Å²) < 4.78 is 15.8. The standard InChI is InChI=1S/C24H24FN7O5/c1-13(2)30-11-16-21(23(30)35)31(12-19(33)27-18-4-3-15(25)10-26-18)20-9-17(28-32(20)22(16)34)14-5-7-29(8-6-14)24(36)37/h3-5,9-10,13H,6-8,11-12H2,1-2H3,(H,36,37)(H,26,27,33). The number of hydrogen-bond donors (Lipinski definition) is 2. The number of nitrogens with zero attached hydrogens (tertiary/aromatic N) is 6. The maximum absolute atomic E-state index is 13.4. The van der Waals surface area contributed by atoms with Crippen molar-refractivity contribution in [1.29, 1.82) is 0 Å². The number of nitrogens with one attached hydrogen (secondary N) is 1. The van der Waals surface area contributed by atoms with Crippen LogP contribution >= 0.6 is 0 Å². The molecule has 13 heteroatoms. The number of carboxylic acid groups (broad SMARTS) is 1. The van der Waals surface area contributed by atoms with E-state index < -0.39 is 23.4 Å². The molecule has 0 atom stereocenters. The van der Waals surface area contributed by atoms with Crippen molar-refractivity contribution in [1.82, 2.24) is 29.0 Å². The summed E-state index contributed by atoms with van der Waals surface area (Å²) in [5.41, 5.74) is 1.39. The Bertz CT molecular complexity index is 1520. The minimum Gasteiger partial charge on any atom is -0.465 e. The fourth-order valence-corrected chi connectivity index (χ4v) is 4.57. The maximum Gasteiger partial charge on any atom is 0.407 e. The van der Waals surface area contributed by atoms with E-state index in [0.717, 1.165) is 17.8 Å². The van der Waals surface area contributed by atoms with Crippen LogP contribution in [0, 0.1) is 5.82 Å². The molecule has 5 rings (SSSR count). The highest BCUT2D eigenvalue weighted by Crippen LogP contribution is 2.27. The van der Waals surface area contributed by atoms with E-state index in [9.17, 15) is 28.7 Å². The van der Waals surface area contributed by atoms with Gasteiger partial charge >= 0.3 is 6.09 Å². The van der Waals surface area contributed by atoms with Gasteiger partial charge in [-0.15, -0.1) is 0 Å². The summed E-state index contributed by atoms with van der Waals surface area (Å²) in [4.78, 5) is 57.5. The van der Waals surface area contributed by atoms with E-state index in [1.807, 2.05) is 13.8 Å². The first-order valence-electron chi connectivity index (χ1n) is 11.7. The summed E-state index contributed by atoms with van der Waals surface area (Å²) in [6.07, 6.45) is 2.10.